The zero-order valence-electron chi connectivity index (χ0n) is 16.2. The minimum absolute atomic E-state index is 0.0848. The molecule has 0 fully saturated rings. The molecule has 0 aliphatic rings. The van der Waals surface area contributed by atoms with Crippen LogP contribution in [0.3, 0.4) is 0 Å². The standard InChI is InChI=1S/C21H23N3O4/c1-14-11-15(2)16(3)19(12-14)28-13-20(25)22-8-9-24-21(26)7-6-17(23-24)18-5-4-10-27-18/h4-7,10-12H,8-9,13H2,1-3H3,(H,22,25). The number of nitrogens with zero attached hydrogens (tertiary/aromatic N) is 2. The van der Waals surface area contributed by atoms with Gasteiger partial charge in [-0.05, 0) is 61.7 Å². The summed E-state index contributed by atoms with van der Waals surface area (Å²) in [5, 5.41) is 7.01. The van der Waals surface area contributed by atoms with Crippen molar-refractivity contribution in [1.82, 2.24) is 15.1 Å². The second-order valence-corrected chi connectivity index (χ2v) is 6.60. The van der Waals surface area contributed by atoms with E-state index in [9.17, 15) is 9.59 Å². The van der Waals surface area contributed by atoms with Crippen molar-refractivity contribution < 1.29 is 13.9 Å². The highest BCUT2D eigenvalue weighted by Crippen LogP contribution is 2.23. The van der Waals surface area contributed by atoms with E-state index in [0.717, 1.165) is 16.7 Å². The van der Waals surface area contributed by atoms with Crippen LogP contribution < -0.4 is 15.6 Å². The number of carbonyl (C=O) groups excluding carboxylic acids is 1. The largest absolute Gasteiger partial charge is 0.483 e. The van der Waals surface area contributed by atoms with Gasteiger partial charge in [-0.2, -0.15) is 5.10 Å². The Labute approximate surface area is 162 Å². The molecule has 0 saturated heterocycles. The Morgan fingerprint density at radius 1 is 1.21 bits per heavy atom. The van der Waals surface area contributed by atoms with Crippen LogP contribution >= 0.6 is 0 Å². The number of furan rings is 1. The molecule has 0 unspecified atom stereocenters. The normalized spacial score (nSPS) is 10.7. The highest BCUT2D eigenvalue weighted by Gasteiger charge is 2.09. The summed E-state index contributed by atoms with van der Waals surface area (Å²) in [5.74, 6) is 1.03. The zero-order chi connectivity index (χ0) is 20.1. The first-order chi connectivity index (χ1) is 13.4. The topological polar surface area (TPSA) is 86.4 Å². The van der Waals surface area contributed by atoms with E-state index in [4.69, 9.17) is 9.15 Å². The second-order valence-electron chi connectivity index (χ2n) is 6.60. The zero-order valence-corrected chi connectivity index (χ0v) is 16.2. The lowest BCUT2D eigenvalue weighted by molar-refractivity contribution is -0.123. The Hall–Kier alpha value is -3.35. The lowest BCUT2D eigenvalue weighted by atomic mass is 10.1. The van der Waals surface area contributed by atoms with Crippen molar-refractivity contribution in [2.24, 2.45) is 0 Å². The molecule has 0 spiro atoms. The first kappa shape index (κ1) is 19.4. The molecule has 146 valence electrons. The number of aromatic nitrogens is 2. The maximum atomic E-state index is 12.1. The average Bonchev–Trinajstić information content (AvgIpc) is 3.19. The molecule has 0 bridgehead atoms. The highest BCUT2D eigenvalue weighted by atomic mass is 16.5. The second kappa shape index (κ2) is 8.56. The maximum Gasteiger partial charge on any atom is 0.266 e. The Morgan fingerprint density at radius 3 is 2.79 bits per heavy atom. The van der Waals surface area contributed by atoms with Crippen molar-refractivity contribution in [3.8, 4) is 17.2 Å². The first-order valence-corrected chi connectivity index (χ1v) is 9.03. The SMILES string of the molecule is Cc1cc(C)c(C)c(OCC(=O)NCCn2nc(-c3ccco3)ccc2=O)c1. The van der Waals surface area contributed by atoms with Gasteiger partial charge in [0.1, 0.15) is 11.4 Å². The van der Waals surface area contributed by atoms with Crippen LogP contribution in [0, 0.1) is 20.8 Å². The molecule has 0 saturated carbocycles. The highest BCUT2D eigenvalue weighted by molar-refractivity contribution is 5.77. The monoisotopic (exact) mass is 381 g/mol. The third-order valence-electron chi connectivity index (χ3n) is 4.41. The van der Waals surface area contributed by atoms with Gasteiger partial charge >= 0.3 is 0 Å². The van der Waals surface area contributed by atoms with E-state index in [1.54, 1.807) is 24.5 Å². The molecule has 3 rings (SSSR count). The van der Waals surface area contributed by atoms with Gasteiger partial charge in [0, 0.05) is 12.6 Å². The van der Waals surface area contributed by atoms with Crippen LogP contribution in [0.15, 0.2) is 51.9 Å². The number of ether oxygens (including phenoxy) is 1. The van der Waals surface area contributed by atoms with Crippen molar-refractivity contribution in [3.05, 3.63) is 69.7 Å². The van der Waals surface area contributed by atoms with E-state index in [2.05, 4.69) is 16.5 Å². The first-order valence-electron chi connectivity index (χ1n) is 9.03. The summed E-state index contributed by atoms with van der Waals surface area (Å²) >= 11 is 0. The van der Waals surface area contributed by atoms with Gasteiger partial charge in [0.15, 0.2) is 12.4 Å². The minimum atomic E-state index is -0.256. The van der Waals surface area contributed by atoms with Crippen LogP contribution in [0.5, 0.6) is 5.75 Å². The van der Waals surface area contributed by atoms with Gasteiger partial charge in [0.05, 0.1) is 12.8 Å². The van der Waals surface area contributed by atoms with E-state index >= 15 is 0 Å². The molecule has 0 aliphatic carbocycles. The molecule has 1 amide bonds. The molecule has 0 atom stereocenters. The molecule has 1 aromatic carbocycles. The van der Waals surface area contributed by atoms with Crippen molar-refractivity contribution in [2.45, 2.75) is 27.3 Å². The quantitative estimate of drug-likeness (QED) is 0.680. The molecular formula is C21H23N3O4. The average molecular weight is 381 g/mol. The number of rotatable bonds is 7. The van der Waals surface area contributed by atoms with Gasteiger partial charge < -0.3 is 14.5 Å². The molecule has 0 radical (unpaired) electrons. The van der Waals surface area contributed by atoms with E-state index in [1.165, 1.54) is 10.7 Å². The Balaban J connectivity index is 1.53. The van der Waals surface area contributed by atoms with E-state index in [0.29, 0.717) is 17.2 Å². The predicted octanol–water partition coefficient (Wildman–Crippen LogP) is 2.62. The van der Waals surface area contributed by atoms with Gasteiger partial charge in [-0.25, -0.2) is 4.68 Å². The van der Waals surface area contributed by atoms with Crippen molar-refractivity contribution in [2.75, 3.05) is 13.2 Å². The van der Waals surface area contributed by atoms with Crippen LogP contribution in [0.2, 0.25) is 0 Å². The maximum absolute atomic E-state index is 12.1. The van der Waals surface area contributed by atoms with Crippen molar-refractivity contribution in [3.63, 3.8) is 0 Å². The summed E-state index contributed by atoms with van der Waals surface area (Å²) in [7, 11) is 0. The van der Waals surface area contributed by atoms with Gasteiger partial charge in [0.2, 0.25) is 0 Å². The number of carbonyl (C=O) groups is 1. The van der Waals surface area contributed by atoms with Crippen LogP contribution in [0.4, 0.5) is 0 Å². The minimum Gasteiger partial charge on any atom is -0.483 e. The summed E-state index contributed by atoms with van der Waals surface area (Å²) in [6.45, 7) is 6.40. The molecule has 2 heterocycles. The third kappa shape index (κ3) is 4.68. The molecule has 2 aromatic heterocycles. The number of nitrogens with one attached hydrogen (secondary N) is 1. The Kier molecular flexibility index (Phi) is 5.93. The van der Waals surface area contributed by atoms with E-state index in [-0.39, 0.29) is 31.2 Å². The van der Waals surface area contributed by atoms with Crippen LogP contribution in [0.1, 0.15) is 16.7 Å². The molecule has 28 heavy (non-hydrogen) atoms. The summed E-state index contributed by atoms with van der Waals surface area (Å²) in [4.78, 5) is 24.0. The molecule has 7 nitrogen and oxygen atoms in total. The fraction of sp³-hybridized carbons (Fsp3) is 0.286. The van der Waals surface area contributed by atoms with Gasteiger partial charge in [-0.1, -0.05) is 6.07 Å². The van der Waals surface area contributed by atoms with Gasteiger partial charge in [-0.15, -0.1) is 0 Å². The molecule has 7 heteroatoms. The summed E-state index contributed by atoms with van der Waals surface area (Å²) < 4.78 is 12.2. The summed E-state index contributed by atoms with van der Waals surface area (Å²) in [6, 6.07) is 10.5. The van der Waals surface area contributed by atoms with Crippen LogP contribution in [-0.4, -0.2) is 28.8 Å². The summed E-state index contributed by atoms with van der Waals surface area (Å²) in [6.07, 6.45) is 1.55. The van der Waals surface area contributed by atoms with Crippen LogP contribution in [0.25, 0.3) is 11.5 Å². The molecule has 3 aromatic rings. The molecule has 1 N–H and O–H groups in total. The van der Waals surface area contributed by atoms with Crippen molar-refractivity contribution in [1.29, 1.82) is 0 Å². The summed E-state index contributed by atoms with van der Waals surface area (Å²) in [5.41, 5.74) is 3.54. The number of hydrogen-bond acceptors (Lipinski definition) is 5. The lowest BCUT2D eigenvalue weighted by Crippen LogP contribution is -2.34. The fourth-order valence-electron chi connectivity index (χ4n) is 2.81. The predicted molar refractivity (Wildman–Crippen MR) is 105 cm³/mol. The smallest absolute Gasteiger partial charge is 0.266 e. The number of hydrogen-bond donors (Lipinski definition) is 1. The number of aryl methyl sites for hydroxylation is 2. The van der Waals surface area contributed by atoms with Gasteiger partial charge in [-0.3, -0.25) is 9.59 Å². The number of amides is 1. The third-order valence-corrected chi connectivity index (χ3v) is 4.41. The molecular weight excluding hydrogens is 358 g/mol. The van der Waals surface area contributed by atoms with Gasteiger partial charge in [0.25, 0.3) is 11.5 Å². The fourth-order valence-corrected chi connectivity index (χ4v) is 2.81. The number of benzene rings is 1. The lowest BCUT2D eigenvalue weighted by Gasteiger charge is -2.12. The Morgan fingerprint density at radius 2 is 2.04 bits per heavy atom. The van der Waals surface area contributed by atoms with E-state index in [1.807, 2.05) is 26.8 Å². The van der Waals surface area contributed by atoms with Crippen LogP contribution in [-0.2, 0) is 11.3 Å². The molecule has 0 aliphatic heterocycles. The van der Waals surface area contributed by atoms with Crippen molar-refractivity contribution >= 4 is 5.91 Å². The van der Waals surface area contributed by atoms with E-state index < -0.39 is 0 Å². The Bertz CT molecular complexity index is 1020.